The van der Waals surface area contributed by atoms with Crippen LogP contribution in [0.4, 0.5) is 10.2 Å². The quantitative estimate of drug-likeness (QED) is 0.373. The van der Waals surface area contributed by atoms with E-state index in [1.54, 1.807) is 25.4 Å². The number of nitrogens with zero attached hydrogens (tertiary/aromatic N) is 3. The Morgan fingerprint density at radius 3 is 2.96 bits per heavy atom. The number of aromatic nitrogens is 1. The van der Waals surface area contributed by atoms with Crippen molar-refractivity contribution in [2.75, 3.05) is 31.6 Å². The third-order valence-corrected chi connectivity index (χ3v) is 4.68. The lowest BCUT2D eigenvalue weighted by Gasteiger charge is -2.20. The van der Waals surface area contributed by atoms with Gasteiger partial charge in [0.05, 0.1) is 5.02 Å². The lowest BCUT2D eigenvalue weighted by atomic mass is 10.1. The average Bonchev–Trinajstić information content (AvgIpc) is 3.09. The molecule has 0 bridgehead atoms. The molecule has 8 heteroatoms. The summed E-state index contributed by atoms with van der Waals surface area (Å²) in [6.07, 6.45) is 3.48. The van der Waals surface area contributed by atoms with E-state index in [-0.39, 0.29) is 35.8 Å². The molecule has 27 heavy (non-hydrogen) atoms. The van der Waals surface area contributed by atoms with Crippen LogP contribution in [-0.4, -0.2) is 43.7 Å². The monoisotopic (exact) mass is 503 g/mol. The normalized spacial score (nSPS) is 16.8. The van der Waals surface area contributed by atoms with Crippen LogP contribution in [0.2, 0.25) is 5.02 Å². The van der Waals surface area contributed by atoms with Gasteiger partial charge in [-0.15, -0.1) is 24.0 Å². The zero-order chi connectivity index (χ0) is 18.4. The van der Waals surface area contributed by atoms with Gasteiger partial charge in [0.2, 0.25) is 0 Å². The number of guanidine groups is 1. The van der Waals surface area contributed by atoms with Gasteiger partial charge in [0.25, 0.3) is 0 Å². The smallest absolute Gasteiger partial charge is 0.191 e. The number of nitrogens with one attached hydrogen (secondary N) is 2. The molecule has 1 aromatic heterocycles. The molecule has 1 atom stereocenters. The Kier molecular flexibility index (Phi) is 8.56. The largest absolute Gasteiger partial charge is 0.356 e. The fraction of sp³-hybridized carbons (Fsp3) is 0.368. The maximum Gasteiger partial charge on any atom is 0.191 e. The van der Waals surface area contributed by atoms with Gasteiger partial charge in [-0.2, -0.15) is 0 Å². The summed E-state index contributed by atoms with van der Waals surface area (Å²) in [5.41, 5.74) is 0.963. The van der Waals surface area contributed by atoms with Crippen LogP contribution in [0.5, 0.6) is 0 Å². The molecular formula is C19H24ClFIN5. The molecule has 1 aliphatic heterocycles. The summed E-state index contributed by atoms with van der Waals surface area (Å²) in [6, 6.07) is 10.6. The number of aliphatic imine (C=N–C) groups is 1. The number of halogens is 3. The average molecular weight is 504 g/mol. The lowest BCUT2D eigenvalue weighted by molar-refractivity contribution is 0.624. The van der Waals surface area contributed by atoms with Crippen LogP contribution in [0.1, 0.15) is 12.0 Å². The van der Waals surface area contributed by atoms with Crippen LogP contribution in [0.25, 0.3) is 0 Å². The summed E-state index contributed by atoms with van der Waals surface area (Å²) >= 11 is 6.24. The van der Waals surface area contributed by atoms with Gasteiger partial charge in [-0.3, -0.25) is 4.99 Å². The number of pyridine rings is 1. The van der Waals surface area contributed by atoms with Gasteiger partial charge < -0.3 is 15.5 Å². The van der Waals surface area contributed by atoms with Gasteiger partial charge in [-0.1, -0.05) is 23.7 Å². The Hall–Kier alpha value is -1.61. The molecule has 1 fully saturated rings. The zero-order valence-corrected chi connectivity index (χ0v) is 18.2. The van der Waals surface area contributed by atoms with Gasteiger partial charge in [0.1, 0.15) is 11.6 Å². The molecule has 0 radical (unpaired) electrons. The molecule has 146 valence electrons. The topological polar surface area (TPSA) is 52.6 Å². The van der Waals surface area contributed by atoms with Crippen LogP contribution >= 0.6 is 35.6 Å². The minimum absolute atomic E-state index is 0. The van der Waals surface area contributed by atoms with Crippen molar-refractivity contribution in [1.29, 1.82) is 0 Å². The number of benzene rings is 1. The van der Waals surface area contributed by atoms with Crippen molar-refractivity contribution in [3.05, 3.63) is 59.0 Å². The molecule has 2 heterocycles. The number of anilines is 1. The standard InChI is InChI=1S/C19H23ClFN5.HI/c1-22-19(24-10-7-14-4-2-5-15(21)12-14)25-16-8-11-26(13-16)18-17(20)6-3-9-23-18;/h2-6,9,12,16H,7-8,10-11,13H2,1H3,(H2,22,24,25);1H. The molecule has 3 rings (SSSR count). The predicted octanol–water partition coefficient (Wildman–Crippen LogP) is 3.48. The third-order valence-electron chi connectivity index (χ3n) is 4.39. The Bertz CT molecular complexity index is 773. The van der Waals surface area contributed by atoms with Crippen molar-refractivity contribution < 1.29 is 4.39 Å². The Labute approximate surface area is 181 Å². The first kappa shape index (κ1) is 21.7. The summed E-state index contributed by atoms with van der Waals surface area (Å²) in [6.45, 7) is 2.40. The summed E-state index contributed by atoms with van der Waals surface area (Å²) in [7, 11) is 1.75. The highest BCUT2D eigenvalue weighted by Crippen LogP contribution is 2.25. The molecule has 1 aliphatic rings. The van der Waals surface area contributed by atoms with Crippen molar-refractivity contribution in [3.8, 4) is 0 Å². The molecular weight excluding hydrogens is 480 g/mol. The van der Waals surface area contributed by atoms with Crippen molar-refractivity contribution in [3.63, 3.8) is 0 Å². The highest BCUT2D eigenvalue weighted by Gasteiger charge is 2.25. The maximum absolute atomic E-state index is 13.2. The van der Waals surface area contributed by atoms with E-state index in [9.17, 15) is 4.39 Å². The second-order valence-electron chi connectivity index (χ2n) is 6.26. The maximum atomic E-state index is 13.2. The van der Waals surface area contributed by atoms with E-state index >= 15 is 0 Å². The molecule has 5 nitrogen and oxygen atoms in total. The minimum Gasteiger partial charge on any atom is -0.356 e. The van der Waals surface area contributed by atoms with Crippen molar-refractivity contribution in [2.24, 2.45) is 4.99 Å². The van der Waals surface area contributed by atoms with Crippen molar-refractivity contribution in [2.45, 2.75) is 18.9 Å². The second kappa shape index (κ2) is 10.7. The molecule has 0 saturated carbocycles. The molecule has 1 aromatic carbocycles. The predicted molar refractivity (Wildman–Crippen MR) is 120 cm³/mol. The van der Waals surface area contributed by atoms with Gasteiger partial charge in [-0.25, -0.2) is 9.37 Å². The van der Waals surface area contributed by atoms with Gasteiger partial charge in [0.15, 0.2) is 5.96 Å². The van der Waals surface area contributed by atoms with Gasteiger partial charge in [-0.05, 0) is 42.7 Å². The van der Waals surface area contributed by atoms with E-state index in [1.807, 2.05) is 18.2 Å². The van der Waals surface area contributed by atoms with Crippen LogP contribution in [0, 0.1) is 5.82 Å². The molecule has 2 N–H and O–H groups in total. The third kappa shape index (κ3) is 6.21. The van der Waals surface area contributed by atoms with E-state index in [0.29, 0.717) is 11.6 Å². The Morgan fingerprint density at radius 2 is 2.22 bits per heavy atom. The number of rotatable bonds is 5. The fourth-order valence-electron chi connectivity index (χ4n) is 3.09. The highest BCUT2D eigenvalue weighted by atomic mass is 127. The van der Waals surface area contributed by atoms with Gasteiger partial charge >= 0.3 is 0 Å². The highest BCUT2D eigenvalue weighted by molar-refractivity contribution is 14.0. The Morgan fingerprint density at radius 1 is 1.37 bits per heavy atom. The summed E-state index contributed by atoms with van der Waals surface area (Å²) in [4.78, 5) is 10.8. The van der Waals surface area contributed by atoms with Crippen LogP contribution in [0.15, 0.2) is 47.6 Å². The lowest BCUT2D eigenvalue weighted by Crippen LogP contribution is -2.45. The number of hydrogen-bond acceptors (Lipinski definition) is 3. The summed E-state index contributed by atoms with van der Waals surface area (Å²) in [5.74, 6) is 1.37. The van der Waals surface area contributed by atoms with E-state index in [4.69, 9.17) is 11.6 Å². The van der Waals surface area contributed by atoms with E-state index in [1.165, 1.54) is 6.07 Å². The SMILES string of the molecule is CN=C(NCCc1cccc(F)c1)NC1CCN(c2ncccc2Cl)C1.I. The van der Waals surface area contributed by atoms with Crippen molar-refractivity contribution in [1.82, 2.24) is 15.6 Å². The second-order valence-corrected chi connectivity index (χ2v) is 6.67. The molecule has 0 amide bonds. The molecule has 0 spiro atoms. The molecule has 0 aliphatic carbocycles. The molecule has 1 unspecified atom stereocenters. The fourth-order valence-corrected chi connectivity index (χ4v) is 3.33. The first-order valence-corrected chi connectivity index (χ1v) is 9.10. The minimum atomic E-state index is -0.204. The number of hydrogen-bond donors (Lipinski definition) is 2. The van der Waals surface area contributed by atoms with E-state index in [0.717, 1.165) is 43.3 Å². The van der Waals surface area contributed by atoms with Crippen LogP contribution < -0.4 is 15.5 Å². The summed E-state index contributed by atoms with van der Waals surface area (Å²) < 4.78 is 13.2. The summed E-state index contributed by atoms with van der Waals surface area (Å²) in [5, 5.41) is 7.39. The van der Waals surface area contributed by atoms with E-state index < -0.39 is 0 Å². The van der Waals surface area contributed by atoms with Gasteiger partial charge in [0, 0.05) is 38.9 Å². The van der Waals surface area contributed by atoms with Crippen LogP contribution in [0.3, 0.4) is 0 Å². The van der Waals surface area contributed by atoms with E-state index in [2.05, 4.69) is 25.5 Å². The molecule has 1 saturated heterocycles. The van der Waals surface area contributed by atoms with Crippen molar-refractivity contribution >= 4 is 47.4 Å². The zero-order valence-electron chi connectivity index (χ0n) is 15.2. The van der Waals surface area contributed by atoms with Crippen LogP contribution in [-0.2, 0) is 6.42 Å². The first-order valence-electron chi connectivity index (χ1n) is 8.73. The first-order chi connectivity index (χ1) is 12.7. The Balaban J connectivity index is 0.00000261. The molecule has 2 aromatic rings.